The van der Waals surface area contributed by atoms with Crippen LogP contribution in [0.1, 0.15) is 35.3 Å². The number of thiophene rings is 2. The van der Waals surface area contributed by atoms with Crippen LogP contribution in [0.5, 0.6) is 23.0 Å². The maximum absolute atomic E-state index is 11.9. The minimum Gasteiger partial charge on any atom is -0.497 e. The van der Waals surface area contributed by atoms with Crippen LogP contribution in [-0.4, -0.2) is 44.5 Å². The van der Waals surface area contributed by atoms with Crippen molar-refractivity contribution in [2.24, 2.45) is 0 Å². The number of aromatic nitrogens is 1. The van der Waals surface area contributed by atoms with Crippen LogP contribution < -0.4 is 23.8 Å². The van der Waals surface area contributed by atoms with Crippen molar-refractivity contribution in [3.05, 3.63) is 162 Å². The number of aromatic carboxylic acids is 1. The lowest BCUT2D eigenvalue weighted by atomic mass is 9.83. The predicted octanol–water partition coefficient (Wildman–Crippen LogP) is 14.5. The number of ether oxygens (including phenoxy) is 4. The molecule has 0 amide bonds. The summed E-state index contributed by atoms with van der Waals surface area (Å²) in [5.74, 6) is 2.03. The molecule has 0 saturated heterocycles. The van der Waals surface area contributed by atoms with Gasteiger partial charge in [0.1, 0.15) is 23.0 Å². The molecule has 0 aliphatic heterocycles. The largest absolute Gasteiger partial charge is 0.497 e. The fraction of sp³-hybridized carbons (Fsp3) is 0.130. The first kappa shape index (κ1) is 40.8. The number of benzene rings is 6. The Morgan fingerprint density at radius 2 is 1.02 bits per heavy atom. The van der Waals surface area contributed by atoms with E-state index < -0.39 is 5.97 Å². The van der Waals surface area contributed by atoms with Gasteiger partial charge in [-0.2, -0.15) is 0 Å². The van der Waals surface area contributed by atoms with Crippen LogP contribution in [-0.2, 0) is 5.41 Å². The van der Waals surface area contributed by atoms with Gasteiger partial charge in [0.25, 0.3) is 0 Å². The lowest BCUT2D eigenvalue weighted by molar-refractivity contribution is 0.0699. The predicted molar refractivity (Wildman–Crippen MR) is 261 cm³/mol. The minimum absolute atomic E-state index is 0.187. The molecule has 10 rings (SSSR count). The quantitative estimate of drug-likeness (QED) is 0.126. The van der Waals surface area contributed by atoms with Crippen LogP contribution in [0.3, 0.4) is 0 Å². The number of nitrogens with one attached hydrogen (secondary N) is 1. The Labute approximate surface area is 379 Å². The fourth-order valence-corrected chi connectivity index (χ4v) is 11.7. The summed E-state index contributed by atoms with van der Waals surface area (Å²) in [5.41, 5.74) is 12.6. The number of anilines is 3. The average molecular weight is 881 g/mol. The number of H-pyrrole nitrogens is 1. The highest BCUT2D eigenvalue weighted by Gasteiger charge is 2.40. The molecule has 2 N–H and O–H groups in total. The van der Waals surface area contributed by atoms with Crippen LogP contribution in [0.15, 0.2) is 146 Å². The summed E-state index contributed by atoms with van der Waals surface area (Å²) < 4.78 is 22.4. The molecule has 0 fully saturated rings. The third kappa shape index (κ3) is 6.86. The average Bonchev–Trinajstić information content (AvgIpc) is 4.14. The molecule has 9 aromatic rings. The Morgan fingerprint density at radius 1 is 0.547 bits per heavy atom. The summed E-state index contributed by atoms with van der Waals surface area (Å²) in [6.45, 7) is 4.61. The number of hydrogen-bond donors (Lipinski definition) is 2. The van der Waals surface area contributed by atoms with Crippen molar-refractivity contribution < 1.29 is 28.8 Å². The molecule has 64 heavy (non-hydrogen) atoms. The van der Waals surface area contributed by atoms with Crippen molar-refractivity contribution >= 4 is 56.6 Å². The number of methoxy groups -OCH3 is 4. The van der Waals surface area contributed by atoms with Gasteiger partial charge in [-0.25, -0.2) is 4.79 Å². The maximum atomic E-state index is 11.9. The SMILES string of the molecule is COc1ccc(-c2ccc(N(c3ccc(-c4cc5c(s4)-c4sc(-c6ccc(C(=O)O)c7[nH]ccc67)cc4C5(C)C)cc3)c3ccc(-c4ccc(OC)cc4OC)cc3)cc2)c(OC)c1. The van der Waals surface area contributed by atoms with E-state index >= 15 is 0 Å². The summed E-state index contributed by atoms with van der Waals surface area (Å²) in [4.78, 5) is 22.3. The first-order valence-electron chi connectivity index (χ1n) is 20.8. The molecule has 1 aliphatic carbocycles. The van der Waals surface area contributed by atoms with E-state index in [1.807, 2.05) is 66.1 Å². The second-order valence-corrected chi connectivity index (χ2v) is 18.3. The Kier molecular flexibility index (Phi) is 10.3. The molecule has 318 valence electrons. The molecule has 3 aromatic heterocycles. The molecule has 3 heterocycles. The van der Waals surface area contributed by atoms with Crippen molar-refractivity contribution in [1.82, 2.24) is 4.98 Å². The Morgan fingerprint density at radius 3 is 1.50 bits per heavy atom. The smallest absolute Gasteiger partial charge is 0.337 e. The van der Waals surface area contributed by atoms with Crippen molar-refractivity contribution in [3.63, 3.8) is 0 Å². The van der Waals surface area contributed by atoms with E-state index in [4.69, 9.17) is 18.9 Å². The van der Waals surface area contributed by atoms with Gasteiger partial charge in [0.05, 0.1) is 39.5 Å². The van der Waals surface area contributed by atoms with Crippen LogP contribution in [0.2, 0.25) is 0 Å². The highest BCUT2D eigenvalue weighted by molar-refractivity contribution is 7.25. The number of fused-ring (bicyclic) bond motifs is 4. The molecule has 0 unspecified atom stereocenters. The number of rotatable bonds is 12. The van der Waals surface area contributed by atoms with E-state index in [1.165, 1.54) is 25.8 Å². The number of carboxylic acids is 1. The van der Waals surface area contributed by atoms with Crippen molar-refractivity contribution in [1.29, 1.82) is 0 Å². The second-order valence-electron chi connectivity index (χ2n) is 16.2. The normalized spacial score (nSPS) is 12.5. The van der Waals surface area contributed by atoms with Crippen LogP contribution in [0, 0.1) is 0 Å². The van der Waals surface area contributed by atoms with Gasteiger partial charge in [0.2, 0.25) is 0 Å². The Bertz CT molecular complexity index is 3120. The standard InChI is InChI=1S/C54H44N2O6S2/c1-54(2)44-29-48(63-51(44)52-45(54)30-49(64-52)41-23-24-43(53(57)58)50-42(41)25-26-55-50)33-11-17-36(18-12-33)56(34-13-7-31(8-14-34)39-21-19-37(59-3)27-46(39)61-5)35-15-9-32(10-16-35)40-22-20-38(60-4)28-47(40)62-6/h7-30,55H,1-6H3,(H,57,58). The van der Waals surface area contributed by atoms with Crippen molar-refractivity contribution in [2.45, 2.75) is 19.3 Å². The minimum atomic E-state index is -0.938. The number of carboxylic acid groups (broad SMARTS) is 1. The van der Waals surface area contributed by atoms with Gasteiger partial charge in [-0.05, 0) is 113 Å². The Hall–Kier alpha value is -7.27. The van der Waals surface area contributed by atoms with Crippen molar-refractivity contribution in [3.8, 4) is 75.9 Å². The van der Waals surface area contributed by atoms with E-state index in [1.54, 1.807) is 45.8 Å². The zero-order valence-electron chi connectivity index (χ0n) is 36.1. The fourth-order valence-electron chi connectivity index (χ4n) is 8.89. The molecule has 0 atom stereocenters. The molecule has 0 spiro atoms. The summed E-state index contributed by atoms with van der Waals surface area (Å²) in [6, 6.07) is 48.0. The first-order chi connectivity index (χ1) is 31.1. The molecule has 10 heteroatoms. The molecular formula is C54H44N2O6S2. The van der Waals surface area contributed by atoms with Gasteiger partial charge in [-0.15, -0.1) is 22.7 Å². The van der Waals surface area contributed by atoms with Gasteiger partial charge < -0.3 is 33.9 Å². The van der Waals surface area contributed by atoms with Crippen molar-refractivity contribution in [2.75, 3.05) is 33.3 Å². The number of nitrogens with zero attached hydrogens (tertiary/aromatic N) is 1. The number of aromatic amines is 1. The number of carbonyl (C=O) groups is 1. The van der Waals surface area contributed by atoms with Gasteiger partial charge in [0.15, 0.2) is 0 Å². The third-order valence-electron chi connectivity index (χ3n) is 12.3. The van der Waals surface area contributed by atoms with Gasteiger partial charge in [0, 0.05) is 82.4 Å². The number of hydrogen-bond acceptors (Lipinski definition) is 8. The molecule has 8 nitrogen and oxygen atoms in total. The van der Waals surface area contributed by atoms with E-state index in [0.717, 1.165) is 83.7 Å². The zero-order valence-corrected chi connectivity index (χ0v) is 37.7. The molecule has 0 saturated carbocycles. The summed E-state index contributed by atoms with van der Waals surface area (Å²) in [6.07, 6.45) is 1.81. The molecule has 1 aliphatic rings. The molecule has 0 radical (unpaired) electrons. The topological polar surface area (TPSA) is 93.3 Å². The highest BCUT2D eigenvalue weighted by Crippen LogP contribution is 2.58. The maximum Gasteiger partial charge on any atom is 0.337 e. The van der Waals surface area contributed by atoms with E-state index in [2.05, 4.69) is 109 Å². The highest BCUT2D eigenvalue weighted by atomic mass is 32.1. The molecule has 0 bridgehead atoms. The zero-order chi connectivity index (χ0) is 44.3. The second kappa shape index (κ2) is 16.1. The summed E-state index contributed by atoms with van der Waals surface area (Å²) in [5, 5.41) is 10.7. The summed E-state index contributed by atoms with van der Waals surface area (Å²) in [7, 11) is 6.66. The van der Waals surface area contributed by atoms with E-state index in [-0.39, 0.29) is 11.0 Å². The lowest BCUT2D eigenvalue weighted by Crippen LogP contribution is -2.13. The summed E-state index contributed by atoms with van der Waals surface area (Å²) >= 11 is 3.62. The van der Waals surface area contributed by atoms with E-state index in [9.17, 15) is 9.90 Å². The van der Waals surface area contributed by atoms with E-state index in [0.29, 0.717) is 5.52 Å². The van der Waals surface area contributed by atoms with Crippen LogP contribution in [0.25, 0.3) is 63.8 Å². The lowest BCUT2D eigenvalue weighted by Gasteiger charge is -2.26. The van der Waals surface area contributed by atoms with Gasteiger partial charge in [-0.1, -0.05) is 56.3 Å². The van der Waals surface area contributed by atoms with Crippen LogP contribution in [0.4, 0.5) is 17.1 Å². The van der Waals surface area contributed by atoms with Gasteiger partial charge >= 0.3 is 5.97 Å². The molecular weight excluding hydrogens is 837 g/mol. The third-order valence-corrected chi connectivity index (χ3v) is 14.9. The molecule has 6 aromatic carbocycles. The Balaban J connectivity index is 0.998. The van der Waals surface area contributed by atoms with Crippen LogP contribution >= 0.6 is 22.7 Å². The van der Waals surface area contributed by atoms with Gasteiger partial charge in [-0.3, -0.25) is 0 Å². The monoisotopic (exact) mass is 880 g/mol. The first-order valence-corrected chi connectivity index (χ1v) is 22.4.